The van der Waals surface area contributed by atoms with Gasteiger partial charge in [0.1, 0.15) is 24.0 Å². The maximum absolute atomic E-state index is 14.8. The molecule has 4 atom stereocenters. The number of hydrogen-bond donors (Lipinski definition) is 3. The maximum Gasteiger partial charge on any atom is 0.297 e. The average molecular weight is 986 g/mol. The van der Waals surface area contributed by atoms with E-state index in [1.165, 1.54) is 37.3 Å². The minimum Gasteiger partial charge on any atom is -0.489 e. The van der Waals surface area contributed by atoms with Crippen LogP contribution in [0, 0.1) is 21.4 Å². The Kier molecular flexibility index (Phi) is 11.2. The molecule has 2 aromatic heterocycles. The van der Waals surface area contributed by atoms with Gasteiger partial charge in [-0.2, -0.15) is 4.98 Å². The molecule has 1 spiro atoms. The average Bonchev–Trinajstić information content (AvgIpc) is 3.96. The lowest BCUT2D eigenvalue weighted by Crippen LogP contribution is -2.66. The molecule has 4 saturated heterocycles. The zero-order valence-electron chi connectivity index (χ0n) is 39.6. The van der Waals surface area contributed by atoms with Crippen LogP contribution in [0.1, 0.15) is 78.4 Å². The molecule has 13 rings (SSSR count). The molecule has 372 valence electrons. The van der Waals surface area contributed by atoms with E-state index >= 15 is 0 Å². The van der Waals surface area contributed by atoms with E-state index in [1.807, 2.05) is 35.4 Å². The minimum absolute atomic E-state index is 0.00237. The van der Waals surface area contributed by atoms with Crippen molar-refractivity contribution in [2.45, 2.75) is 80.0 Å². The van der Waals surface area contributed by atoms with Crippen LogP contribution in [0.5, 0.6) is 11.6 Å². The molecule has 2 saturated carbocycles. The Morgan fingerprint density at radius 1 is 0.915 bits per heavy atom. The zero-order valence-corrected chi connectivity index (χ0v) is 40.4. The second-order valence-corrected chi connectivity index (χ2v) is 22.8. The summed E-state index contributed by atoms with van der Waals surface area (Å²) in [7, 11) is -4.68. The number of sulfonamides is 1. The quantitative estimate of drug-likeness (QED) is 0.0932. The fourth-order valence-electron chi connectivity index (χ4n) is 12.7. The Morgan fingerprint density at radius 2 is 1.75 bits per heavy atom. The van der Waals surface area contributed by atoms with Crippen LogP contribution in [0.3, 0.4) is 0 Å². The molecule has 3 aromatic carbocycles. The van der Waals surface area contributed by atoms with Crippen molar-refractivity contribution < 1.29 is 37.1 Å². The van der Waals surface area contributed by atoms with E-state index in [0.717, 1.165) is 68.6 Å². The zero-order chi connectivity index (χ0) is 48.0. The maximum atomic E-state index is 14.8. The van der Waals surface area contributed by atoms with Crippen LogP contribution in [-0.4, -0.2) is 136 Å². The normalized spacial score (nSPS) is 25.4. The van der Waals surface area contributed by atoms with Gasteiger partial charge in [-0.05, 0) is 98.9 Å². The monoisotopic (exact) mass is 985 g/mol. The third-order valence-electron chi connectivity index (χ3n) is 16.5. The summed E-state index contributed by atoms with van der Waals surface area (Å²) >= 11 is 0. The van der Waals surface area contributed by atoms with E-state index in [1.54, 1.807) is 11.6 Å². The van der Waals surface area contributed by atoms with Crippen molar-refractivity contribution in [3.63, 3.8) is 0 Å². The van der Waals surface area contributed by atoms with Gasteiger partial charge < -0.3 is 39.0 Å². The molecular formula is C52H59N9O9S. The molecule has 1 amide bonds. The van der Waals surface area contributed by atoms with Gasteiger partial charge in [-0.15, -0.1) is 0 Å². The Labute approximate surface area is 412 Å². The Bertz CT molecular complexity index is 3020. The molecule has 6 fully saturated rings. The van der Waals surface area contributed by atoms with Gasteiger partial charge in [0, 0.05) is 98.7 Å². The number of pyridine rings is 1. The van der Waals surface area contributed by atoms with Crippen LogP contribution in [0.15, 0.2) is 77.8 Å². The van der Waals surface area contributed by atoms with Crippen molar-refractivity contribution in [1.29, 1.82) is 0 Å². The largest absolute Gasteiger partial charge is 0.489 e. The van der Waals surface area contributed by atoms with Crippen LogP contribution in [0.4, 0.5) is 28.4 Å². The number of rotatable bonds is 11. The lowest BCUT2D eigenvalue weighted by Gasteiger charge is -2.62. The van der Waals surface area contributed by atoms with E-state index < -0.39 is 31.4 Å². The number of benzene rings is 3. The molecule has 0 bridgehead atoms. The van der Waals surface area contributed by atoms with Gasteiger partial charge >= 0.3 is 0 Å². The standard InChI is InChI=1S/C52H59N9O9S/c62-50(56-71(65,66)38-22-44(61(63)64)48-46(23-38)69-28-35(54-48)27-57-15-18-67-19-16-57)41-10-9-36(21-43(41)60-26-34-12-17-68-29-47(34)70-51-45(60)20-33-11-13-53-49(33)55-51)58-30-52(31-58)24-37(25-52)59-14-3-6-42(59)40-5-2-1-4-39(40)32-7-8-32/h1-2,4-5,9-11,13,20-23,32,34-35,37,42,47,54H,3,6-8,12,14-19,24-31H2,(H,53,55)(H,56,62)/t34-,35-,42+,47+/m1/s1. The van der Waals surface area contributed by atoms with E-state index in [2.05, 4.69) is 54.0 Å². The number of nitrogens with zero attached hydrogens (tertiary/aromatic N) is 6. The van der Waals surface area contributed by atoms with Gasteiger partial charge in [-0.25, -0.2) is 13.1 Å². The molecular weight excluding hydrogens is 927 g/mol. The molecule has 8 aliphatic rings. The van der Waals surface area contributed by atoms with Gasteiger partial charge in [0.15, 0.2) is 11.4 Å². The minimum atomic E-state index is -4.68. The van der Waals surface area contributed by atoms with Crippen LogP contribution >= 0.6 is 0 Å². The number of H-pyrrole nitrogens is 1. The molecule has 19 heteroatoms. The second kappa shape index (κ2) is 17.6. The predicted octanol–water partition coefficient (Wildman–Crippen LogP) is 6.71. The topological polar surface area (TPSA) is 197 Å². The third kappa shape index (κ3) is 8.32. The number of ether oxygens (including phenoxy) is 4. The van der Waals surface area contributed by atoms with E-state index in [-0.39, 0.29) is 47.1 Å². The highest BCUT2D eigenvalue weighted by molar-refractivity contribution is 7.90. The number of nitrogens with one attached hydrogen (secondary N) is 3. The number of hydrogen-bond acceptors (Lipinski definition) is 15. The molecule has 18 nitrogen and oxygen atoms in total. The SMILES string of the molecule is O=C(NS(=O)(=O)c1cc2c(c([N+](=O)[O-])c1)N[C@H](CN1CCOCC1)CO2)c1ccc(N2CC3(CC(N4CCC[C@H]4c4ccccc4C4CC4)C3)C2)cc1N1C[C@H]2CCOC[C@@H]2Oc2nc3[nH]ccc3cc21. The predicted molar refractivity (Wildman–Crippen MR) is 266 cm³/mol. The number of aromatic amines is 1. The van der Waals surface area contributed by atoms with Crippen molar-refractivity contribution in [1.82, 2.24) is 24.5 Å². The smallest absolute Gasteiger partial charge is 0.297 e. The number of morpholine rings is 1. The van der Waals surface area contributed by atoms with Crippen molar-refractivity contribution in [2.24, 2.45) is 11.3 Å². The summed E-state index contributed by atoms with van der Waals surface area (Å²) in [5, 5.41) is 16.6. The van der Waals surface area contributed by atoms with Crippen molar-refractivity contribution >= 4 is 55.4 Å². The highest BCUT2D eigenvalue weighted by atomic mass is 32.2. The second-order valence-electron chi connectivity index (χ2n) is 21.1. The fourth-order valence-corrected chi connectivity index (χ4v) is 13.7. The summed E-state index contributed by atoms with van der Waals surface area (Å²) in [4.78, 5) is 43.7. The molecule has 8 heterocycles. The van der Waals surface area contributed by atoms with Crippen LogP contribution < -0.4 is 29.3 Å². The third-order valence-corrected chi connectivity index (χ3v) is 17.8. The van der Waals surface area contributed by atoms with Gasteiger partial charge in [0.25, 0.3) is 21.6 Å². The summed E-state index contributed by atoms with van der Waals surface area (Å²) in [6, 6.07) is 21.6. The van der Waals surface area contributed by atoms with Gasteiger partial charge in [0.2, 0.25) is 5.88 Å². The first kappa shape index (κ1) is 44.9. The summed E-state index contributed by atoms with van der Waals surface area (Å²) in [5.41, 5.74) is 5.78. The van der Waals surface area contributed by atoms with E-state index in [0.29, 0.717) is 80.9 Å². The Hall–Kier alpha value is -5.99. The molecule has 2 aliphatic carbocycles. The first-order valence-corrected chi connectivity index (χ1v) is 26.9. The van der Waals surface area contributed by atoms with Crippen LogP contribution in [0.2, 0.25) is 0 Å². The number of carbonyl (C=O) groups is 1. The number of amides is 1. The number of anilines is 4. The first-order chi connectivity index (χ1) is 34.5. The lowest BCUT2D eigenvalue weighted by atomic mass is 9.60. The lowest BCUT2D eigenvalue weighted by molar-refractivity contribution is -0.384. The molecule has 3 N–H and O–H groups in total. The summed E-state index contributed by atoms with van der Waals surface area (Å²) in [6.07, 6.45) is 9.56. The van der Waals surface area contributed by atoms with Crippen LogP contribution in [-0.2, 0) is 19.5 Å². The van der Waals surface area contributed by atoms with Crippen molar-refractivity contribution in [3.8, 4) is 11.6 Å². The van der Waals surface area contributed by atoms with Crippen molar-refractivity contribution in [2.75, 3.05) is 94.0 Å². The number of fused-ring (bicyclic) bond motifs is 4. The summed E-state index contributed by atoms with van der Waals surface area (Å²) < 4.78 is 55.0. The van der Waals surface area contributed by atoms with Crippen LogP contribution in [0.25, 0.3) is 11.0 Å². The number of aromatic nitrogens is 2. The summed E-state index contributed by atoms with van der Waals surface area (Å²) in [6.45, 7) is 7.69. The molecule has 5 aromatic rings. The molecule has 0 unspecified atom stereocenters. The summed E-state index contributed by atoms with van der Waals surface area (Å²) in [5.74, 6) is 0.247. The highest BCUT2D eigenvalue weighted by Crippen LogP contribution is 2.55. The van der Waals surface area contributed by atoms with Gasteiger partial charge in [-0.1, -0.05) is 24.3 Å². The number of likely N-dealkylation sites (tertiary alicyclic amines) is 1. The highest BCUT2D eigenvalue weighted by Gasteiger charge is 2.55. The number of nitro benzene ring substituents is 1. The number of carbonyl (C=O) groups excluding carboxylic acids is 1. The van der Waals surface area contributed by atoms with Gasteiger partial charge in [-0.3, -0.25) is 24.7 Å². The van der Waals surface area contributed by atoms with E-state index in [9.17, 15) is 23.3 Å². The van der Waals surface area contributed by atoms with Gasteiger partial charge in [0.05, 0.1) is 46.9 Å². The fraction of sp³-hybridized carbons (Fsp3) is 0.500. The molecule has 71 heavy (non-hydrogen) atoms. The Morgan fingerprint density at radius 3 is 2.56 bits per heavy atom. The number of nitro groups is 1. The van der Waals surface area contributed by atoms with E-state index in [4.69, 9.17) is 23.9 Å². The molecule has 0 radical (unpaired) electrons. The molecule has 6 aliphatic heterocycles. The first-order valence-electron chi connectivity index (χ1n) is 25.4. The van der Waals surface area contributed by atoms with Crippen molar-refractivity contribution in [3.05, 3.63) is 99.7 Å². The Balaban J connectivity index is 0.796.